The highest BCUT2D eigenvalue weighted by atomic mass is 16.5. The second-order valence-electron chi connectivity index (χ2n) is 4.89. The first kappa shape index (κ1) is 17.9. The van der Waals surface area contributed by atoms with Crippen LogP contribution in [0, 0.1) is 6.92 Å². The number of ether oxygens (including phenoxy) is 2. The van der Waals surface area contributed by atoms with Gasteiger partial charge in [-0.3, -0.25) is 19.0 Å². The number of hydrogen-bond acceptors (Lipinski definition) is 5. The molecular weight excluding hydrogens is 286 g/mol. The van der Waals surface area contributed by atoms with Crippen LogP contribution in [0.3, 0.4) is 0 Å². The van der Waals surface area contributed by atoms with Gasteiger partial charge in [0.2, 0.25) is 5.91 Å². The van der Waals surface area contributed by atoms with Crippen LogP contribution in [0.15, 0.2) is 6.20 Å². The molecule has 0 aliphatic rings. The second-order valence-corrected chi connectivity index (χ2v) is 4.89. The summed E-state index contributed by atoms with van der Waals surface area (Å²) in [5.41, 5.74) is 2.29. The van der Waals surface area contributed by atoms with Gasteiger partial charge in [0, 0.05) is 25.2 Å². The molecular formula is C16H23NO5. The summed E-state index contributed by atoms with van der Waals surface area (Å²) in [7, 11) is 0. The van der Waals surface area contributed by atoms with Crippen molar-refractivity contribution in [2.45, 2.75) is 47.0 Å². The number of carbonyl (C=O) groups is 3. The third-order valence-corrected chi connectivity index (χ3v) is 3.33. The molecule has 0 bridgehead atoms. The topological polar surface area (TPSA) is 74.6 Å². The van der Waals surface area contributed by atoms with Gasteiger partial charge in [-0.05, 0) is 38.3 Å². The molecule has 1 heterocycles. The Hall–Kier alpha value is -2.11. The van der Waals surface area contributed by atoms with Crippen LogP contribution in [0.25, 0.3) is 0 Å². The van der Waals surface area contributed by atoms with Gasteiger partial charge in [-0.1, -0.05) is 0 Å². The summed E-state index contributed by atoms with van der Waals surface area (Å²) >= 11 is 0. The lowest BCUT2D eigenvalue weighted by molar-refractivity contribution is -0.143. The van der Waals surface area contributed by atoms with E-state index in [1.165, 1.54) is 11.5 Å². The third kappa shape index (κ3) is 4.72. The lowest BCUT2D eigenvalue weighted by Gasteiger charge is -2.06. The molecule has 0 aromatic carbocycles. The second kappa shape index (κ2) is 8.36. The number of aromatic nitrogens is 1. The van der Waals surface area contributed by atoms with Gasteiger partial charge in [-0.2, -0.15) is 0 Å². The molecule has 0 unspecified atom stereocenters. The molecule has 6 nitrogen and oxygen atoms in total. The maximum Gasteiger partial charge on any atom is 0.310 e. The Morgan fingerprint density at radius 2 is 1.68 bits per heavy atom. The highest BCUT2D eigenvalue weighted by Gasteiger charge is 2.18. The molecule has 122 valence electrons. The first-order valence-electron chi connectivity index (χ1n) is 7.42. The van der Waals surface area contributed by atoms with Crippen molar-refractivity contribution < 1.29 is 23.9 Å². The lowest BCUT2D eigenvalue weighted by Crippen LogP contribution is -2.10. The standard InChI is InChI=1S/C16H23NO5/c1-5-21-15(19)8-7-14-11(3)17(12(4)18)10-13(14)9-16(20)22-6-2/h10H,5-9H2,1-4H3. The molecule has 1 aromatic heterocycles. The molecule has 0 aliphatic heterocycles. The molecule has 0 radical (unpaired) electrons. The quantitative estimate of drug-likeness (QED) is 0.721. The van der Waals surface area contributed by atoms with Gasteiger partial charge in [0.05, 0.1) is 19.6 Å². The van der Waals surface area contributed by atoms with Gasteiger partial charge >= 0.3 is 11.9 Å². The van der Waals surface area contributed by atoms with Crippen LogP contribution in [-0.2, 0) is 31.9 Å². The average Bonchev–Trinajstić information content (AvgIpc) is 2.74. The summed E-state index contributed by atoms with van der Waals surface area (Å²) in [6.07, 6.45) is 2.38. The van der Waals surface area contributed by atoms with E-state index >= 15 is 0 Å². The van der Waals surface area contributed by atoms with E-state index in [9.17, 15) is 14.4 Å². The van der Waals surface area contributed by atoms with Gasteiger partial charge in [0.1, 0.15) is 0 Å². The van der Waals surface area contributed by atoms with Crippen LogP contribution < -0.4 is 0 Å². The van der Waals surface area contributed by atoms with Gasteiger partial charge in [-0.25, -0.2) is 0 Å². The average molecular weight is 309 g/mol. The van der Waals surface area contributed by atoms with Gasteiger partial charge in [0.15, 0.2) is 0 Å². The fourth-order valence-corrected chi connectivity index (χ4v) is 2.36. The fourth-order valence-electron chi connectivity index (χ4n) is 2.36. The van der Waals surface area contributed by atoms with Gasteiger partial charge < -0.3 is 9.47 Å². The van der Waals surface area contributed by atoms with E-state index in [-0.39, 0.29) is 30.7 Å². The molecule has 0 saturated heterocycles. The summed E-state index contributed by atoms with van der Waals surface area (Å²) in [5.74, 6) is -0.773. The van der Waals surface area contributed by atoms with Crippen molar-refractivity contribution in [2.24, 2.45) is 0 Å². The zero-order chi connectivity index (χ0) is 16.7. The number of hydrogen-bond donors (Lipinski definition) is 0. The minimum atomic E-state index is -0.347. The summed E-state index contributed by atoms with van der Waals surface area (Å²) in [4.78, 5) is 34.8. The normalized spacial score (nSPS) is 10.4. The van der Waals surface area contributed by atoms with Crippen molar-refractivity contribution in [1.29, 1.82) is 0 Å². The van der Waals surface area contributed by atoms with E-state index in [0.717, 1.165) is 16.8 Å². The van der Waals surface area contributed by atoms with E-state index in [2.05, 4.69) is 0 Å². The molecule has 0 atom stereocenters. The highest BCUT2D eigenvalue weighted by Crippen LogP contribution is 2.20. The predicted octanol–water partition coefficient (Wildman–Crippen LogP) is 2.06. The number of carbonyl (C=O) groups excluding carboxylic acids is 3. The summed E-state index contributed by atoms with van der Waals surface area (Å²) in [6, 6.07) is 0. The van der Waals surface area contributed by atoms with E-state index in [0.29, 0.717) is 19.6 Å². The Bertz CT molecular complexity index is 559. The van der Waals surface area contributed by atoms with Crippen molar-refractivity contribution in [3.63, 3.8) is 0 Å². The Labute approximate surface area is 130 Å². The number of rotatable bonds is 7. The van der Waals surface area contributed by atoms with Crippen LogP contribution in [0.4, 0.5) is 0 Å². The molecule has 0 N–H and O–H groups in total. The Morgan fingerprint density at radius 1 is 1.09 bits per heavy atom. The molecule has 1 rings (SSSR count). The van der Waals surface area contributed by atoms with Crippen molar-refractivity contribution in [1.82, 2.24) is 4.57 Å². The summed E-state index contributed by atoms with van der Waals surface area (Å²) in [6.45, 7) is 7.39. The summed E-state index contributed by atoms with van der Waals surface area (Å²) in [5, 5.41) is 0. The van der Waals surface area contributed by atoms with Crippen LogP contribution in [0.5, 0.6) is 0 Å². The zero-order valence-corrected chi connectivity index (χ0v) is 13.6. The number of nitrogens with zero attached hydrogens (tertiary/aromatic N) is 1. The van der Waals surface area contributed by atoms with E-state index in [1.807, 2.05) is 0 Å². The lowest BCUT2D eigenvalue weighted by atomic mass is 10.0. The van der Waals surface area contributed by atoms with E-state index < -0.39 is 0 Å². The first-order valence-corrected chi connectivity index (χ1v) is 7.42. The van der Waals surface area contributed by atoms with Crippen LogP contribution in [-0.4, -0.2) is 35.6 Å². The molecule has 0 saturated carbocycles. The third-order valence-electron chi connectivity index (χ3n) is 3.33. The van der Waals surface area contributed by atoms with Crippen LogP contribution in [0.1, 0.15) is 48.8 Å². The highest BCUT2D eigenvalue weighted by molar-refractivity contribution is 5.79. The summed E-state index contributed by atoms with van der Waals surface area (Å²) < 4.78 is 11.4. The van der Waals surface area contributed by atoms with Crippen LogP contribution in [0.2, 0.25) is 0 Å². The Morgan fingerprint density at radius 3 is 2.23 bits per heavy atom. The van der Waals surface area contributed by atoms with Gasteiger partial charge in [0.25, 0.3) is 0 Å². The first-order chi connectivity index (χ1) is 10.4. The van der Waals surface area contributed by atoms with Gasteiger partial charge in [-0.15, -0.1) is 0 Å². The molecule has 0 amide bonds. The maximum atomic E-state index is 11.7. The van der Waals surface area contributed by atoms with Crippen molar-refractivity contribution in [3.05, 3.63) is 23.0 Å². The molecule has 1 aromatic rings. The smallest absolute Gasteiger partial charge is 0.310 e. The molecule has 0 aliphatic carbocycles. The largest absolute Gasteiger partial charge is 0.466 e. The monoisotopic (exact) mass is 309 g/mol. The SMILES string of the molecule is CCOC(=O)CCc1c(CC(=O)OCC)cn(C(C)=O)c1C. The Balaban J connectivity index is 2.97. The van der Waals surface area contributed by atoms with Crippen molar-refractivity contribution in [2.75, 3.05) is 13.2 Å². The molecule has 22 heavy (non-hydrogen) atoms. The Kier molecular flexibility index (Phi) is 6.82. The minimum absolute atomic E-state index is 0.0904. The predicted molar refractivity (Wildman–Crippen MR) is 80.8 cm³/mol. The van der Waals surface area contributed by atoms with E-state index in [1.54, 1.807) is 27.0 Å². The maximum absolute atomic E-state index is 11.7. The van der Waals surface area contributed by atoms with Crippen LogP contribution >= 0.6 is 0 Å². The van der Waals surface area contributed by atoms with E-state index in [4.69, 9.17) is 9.47 Å². The van der Waals surface area contributed by atoms with Crippen molar-refractivity contribution in [3.8, 4) is 0 Å². The fraction of sp³-hybridized carbons (Fsp3) is 0.562. The molecule has 0 spiro atoms. The molecule has 0 fully saturated rings. The number of esters is 2. The zero-order valence-electron chi connectivity index (χ0n) is 13.6. The van der Waals surface area contributed by atoms with Crippen molar-refractivity contribution >= 4 is 17.8 Å². The minimum Gasteiger partial charge on any atom is -0.466 e. The molecule has 6 heteroatoms.